The van der Waals surface area contributed by atoms with Crippen molar-refractivity contribution in [3.63, 3.8) is 0 Å². The molecule has 3 aromatic heterocycles. The molecule has 2 amide bonds. The smallest absolute Gasteiger partial charge is 0.319 e. The number of H-pyrrole nitrogens is 1. The van der Waals surface area contributed by atoms with Gasteiger partial charge in [-0.15, -0.1) is 0 Å². The van der Waals surface area contributed by atoms with Gasteiger partial charge >= 0.3 is 6.03 Å². The number of hydrogen-bond acceptors (Lipinski definition) is 4. The molecular weight excluding hydrogens is 366 g/mol. The van der Waals surface area contributed by atoms with E-state index in [2.05, 4.69) is 45.5 Å². The minimum atomic E-state index is -0.296. The molecule has 4 rings (SSSR count). The Balaban J connectivity index is 1.33. The Morgan fingerprint density at radius 1 is 1.14 bits per heavy atom. The van der Waals surface area contributed by atoms with Crippen LogP contribution in [-0.2, 0) is 6.54 Å². The molecule has 0 aliphatic heterocycles. The predicted octanol–water partition coefficient (Wildman–Crippen LogP) is 4.69. The van der Waals surface area contributed by atoms with Crippen molar-refractivity contribution in [2.45, 2.75) is 20.4 Å². The number of nitrogens with zero attached hydrogens (tertiary/aromatic N) is 2. The Hall–Kier alpha value is -3.87. The summed E-state index contributed by atoms with van der Waals surface area (Å²) < 4.78 is 5.59. The van der Waals surface area contributed by atoms with Crippen LogP contribution in [0.4, 0.5) is 10.5 Å². The lowest BCUT2D eigenvalue weighted by Crippen LogP contribution is -2.28. The fourth-order valence-electron chi connectivity index (χ4n) is 3.02. The molecule has 7 nitrogen and oxygen atoms in total. The average molecular weight is 387 g/mol. The van der Waals surface area contributed by atoms with E-state index in [1.54, 1.807) is 42.9 Å². The van der Waals surface area contributed by atoms with Gasteiger partial charge in [0, 0.05) is 35.4 Å². The zero-order valence-electron chi connectivity index (χ0n) is 16.2. The first kappa shape index (κ1) is 18.5. The Morgan fingerprint density at radius 2 is 2.03 bits per heavy atom. The normalized spacial score (nSPS) is 10.7. The molecule has 29 heavy (non-hydrogen) atoms. The second kappa shape index (κ2) is 8.02. The van der Waals surface area contributed by atoms with E-state index in [1.807, 2.05) is 12.1 Å². The maximum atomic E-state index is 12.2. The zero-order valence-corrected chi connectivity index (χ0v) is 16.2. The number of aromatic nitrogens is 3. The van der Waals surface area contributed by atoms with E-state index < -0.39 is 0 Å². The van der Waals surface area contributed by atoms with E-state index in [0.29, 0.717) is 23.9 Å². The van der Waals surface area contributed by atoms with Crippen LogP contribution >= 0.6 is 0 Å². The quantitative estimate of drug-likeness (QED) is 0.463. The van der Waals surface area contributed by atoms with Crippen LogP contribution in [0.15, 0.2) is 61.1 Å². The summed E-state index contributed by atoms with van der Waals surface area (Å²) in [5, 5.41) is 6.81. The van der Waals surface area contributed by atoms with Crippen LogP contribution in [0.5, 0.6) is 11.6 Å². The molecule has 0 spiro atoms. The summed E-state index contributed by atoms with van der Waals surface area (Å²) in [5.41, 5.74) is 5.10. The van der Waals surface area contributed by atoms with Gasteiger partial charge in [-0.1, -0.05) is 6.07 Å². The summed E-state index contributed by atoms with van der Waals surface area (Å²) in [6, 6.07) is 12.8. The van der Waals surface area contributed by atoms with E-state index in [0.717, 1.165) is 16.8 Å². The van der Waals surface area contributed by atoms with E-state index in [1.165, 1.54) is 10.9 Å². The summed E-state index contributed by atoms with van der Waals surface area (Å²) in [7, 11) is 0. The minimum Gasteiger partial charge on any atom is -0.437 e. The van der Waals surface area contributed by atoms with Crippen molar-refractivity contribution in [3.8, 4) is 11.6 Å². The van der Waals surface area contributed by atoms with Gasteiger partial charge in [-0.3, -0.25) is 4.98 Å². The van der Waals surface area contributed by atoms with Gasteiger partial charge in [-0.05, 0) is 55.3 Å². The fourth-order valence-corrected chi connectivity index (χ4v) is 3.02. The second-order valence-electron chi connectivity index (χ2n) is 6.74. The Morgan fingerprint density at radius 3 is 2.79 bits per heavy atom. The molecule has 3 N–H and O–H groups in total. The highest BCUT2D eigenvalue weighted by molar-refractivity contribution is 5.89. The van der Waals surface area contributed by atoms with Crippen LogP contribution in [0.2, 0.25) is 0 Å². The Bertz CT molecular complexity index is 1140. The number of rotatable bonds is 5. The standard InChI is InChI=1S/C22H21N5O2/c1-14-15(2)26-20-7-5-16(10-19(14)20)11-25-22(28)27-17-6-8-21(24-12-17)29-18-4-3-9-23-13-18/h3-10,12-13,26H,11H2,1-2H3,(H2,25,27,28). The number of amides is 2. The number of carbonyl (C=O) groups excluding carboxylic acids is 1. The van der Waals surface area contributed by atoms with Crippen LogP contribution in [0.25, 0.3) is 10.9 Å². The average Bonchev–Trinajstić information content (AvgIpc) is 3.02. The van der Waals surface area contributed by atoms with Crippen LogP contribution in [-0.4, -0.2) is 21.0 Å². The van der Waals surface area contributed by atoms with Gasteiger partial charge in [0.2, 0.25) is 5.88 Å². The first-order valence-corrected chi connectivity index (χ1v) is 9.25. The number of aromatic amines is 1. The van der Waals surface area contributed by atoms with E-state index in [4.69, 9.17) is 4.74 Å². The first-order chi connectivity index (χ1) is 14.1. The first-order valence-electron chi connectivity index (χ1n) is 9.25. The van der Waals surface area contributed by atoms with E-state index in [9.17, 15) is 4.79 Å². The van der Waals surface area contributed by atoms with Gasteiger partial charge in [0.05, 0.1) is 18.1 Å². The van der Waals surface area contributed by atoms with Gasteiger partial charge in [-0.25, -0.2) is 9.78 Å². The highest BCUT2D eigenvalue weighted by atomic mass is 16.5. The number of urea groups is 1. The molecule has 0 bridgehead atoms. The summed E-state index contributed by atoms with van der Waals surface area (Å²) in [4.78, 5) is 23.7. The van der Waals surface area contributed by atoms with Gasteiger partial charge in [0.15, 0.2) is 0 Å². The molecule has 0 unspecified atom stereocenters. The van der Waals surface area contributed by atoms with Crippen molar-refractivity contribution < 1.29 is 9.53 Å². The van der Waals surface area contributed by atoms with E-state index in [-0.39, 0.29) is 6.03 Å². The Kier molecular flexibility index (Phi) is 5.11. The second-order valence-corrected chi connectivity index (χ2v) is 6.74. The van der Waals surface area contributed by atoms with Crippen molar-refractivity contribution in [3.05, 3.63) is 77.9 Å². The molecule has 0 saturated carbocycles. The van der Waals surface area contributed by atoms with Crippen molar-refractivity contribution in [1.82, 2.24) is 20.3 Å². The summed E-state index contributed by atoms with van der Waals surface area (Å²) >= 11 is 0. The molecule has 0 aliphatic carbocycles. The molecule has 7 heteroatoms. The topological polar surface area (TPSA) is 91.9 Å². The number of benzene rings is 1. The van der Waals surface area contributed by atoms with Gasteiger partial charge in [0.25, 0.3) is 0 Å². The van der Waals surface area contributed by atoms with Crippen LogP contribution in [0.1, 0.15) is 16.8 Å². The number of nitrogens with one attached hydrogen (secondary N) is 3. The van der Waals surface area contributed by atoms with Crippen molar-refractivity contribution in [1.29, 1.82) is 0 Å². The molecule has 0 fully saturated rings. The highest BCUT2D eigenvalue weighted by Crippen LogP contribution is 2.22. The maximum Gasteiger partial charge on any atom is 0.319 e. The van der Waals surface area contributed by atoms with Crippen LogP contribution in [0.3, 0.4) is 0 Å². The maximum absolute atomic E-state index is 12.2. The van der Waals surface area contributed by atoms with E-state index >= 15 is 0 Å². The lowest BCUT2D eigenvalue weighted by Gasteiger charge is -2.09. The van der Waals surface area contributed by atoms with Gasteiger partial charge in [0.1, 0.15) is 5.75 Å². The SMILES string of the molecule is Cc1[nH]c2ccc(CNC(=O)Nc3ccc(Oc4cccnc4)nc3)cc2c1C. The molecule has 1 aromatic carbocycles. The summed E-state index contributed by atoms with van der Waals surface area (Å²) in [6.45, 7) is 4.58. The largest absolute Gasteiger partial charge is 0.437 e. The number of ether oxygens (including phenoxy) is 1. The lowest BCUT2D eigenvalue weighted by atomic mass is 10.1. The number of pyridine rings is 2. The molecule has 4 aromatic rings. The fraction of sp³-hybridized carbons (Fsp3) is 0.136. The highest BCUT2D eigenvalue weighted by Gasteiger charge is 2.07. The molecule has 3 heterocycles. The number of carbonyl (C=O) groups is 1. The number of aryl methyl sites for hydroxylation is 2. The summed E-state index contributed by atoms with van der Waals surface area (Å²) in [5.74, 6) is 1.03. The number of anilines is 1. The number of hydrogen-bond donors (Lipinski definition) is 3. The Labute approximate surface area is 168 Å². The molecule has 146 valence electrons. The zero-order chi connectivity index (χ0) is 20.2. The lowest BCUT2D eigenvalue weighted by molar-refractivity contribution is 0.251. The van der Waals surface area contributed by atoms with Crippen molar-refractivity contribution in [2.75, 3.05) is 5.32 Å². The molecule has 0 radical (unpaired) electrons. The predicted molar refractivity (Wildman–Crippen MR) is 112 cm³/mol. The van der Waals surface area contributed by atoms with Crippen molar-refractivity contribution >= 4 is 22.6 Å². The third-order valence-corrected chi connectivity index (χ3v) is 4.68. The molecule has 0 saturated heterocycles. The number of fused-ring (bicyclic) bond motifs is 1. The third-order valence-electron chi connectivity index (χ3n) is 4.68. The van der Waals surface area contributed by atoms with Crippen LogP contribution in [0, 0.1) is 13.8 Å². The van der Waals surface area contributed by atoms with Crippen molar-refractivity contribution in [2.24, 2.45) is 0 Å². The molecule has 0 atom stereocenters. The molecule has 0 aliphatic rings. The van der Waals surface area contributed by atoms with Gasteiger partial charge < -0.3 is 20.4 Å². The minimum absolute atomic E-state index is 0.296. The molecular formula is C22H21N5O2. The van der Waals surface area contributed by atoms with Gasteiger partial charge in [-0.2, -0.15) is 0 Å². The van der Waals surface area contributed by atoms with Crippen LogP contribution < -0.4 is 15.4 Å². The summed E-state index contributed by atoms with van der Waals surface area (Å²) in [6.07, 6.45) is 4.82. The monoisotopic (exact) mass is 387 g/mol. The third kappa shape index (κ3) is 4.35.